The highest BCUT2D eigenvalue weighted by atomic mass is 16.3. The number of hydrogen-bond donors (Lipinski definition) is 2. The highest BCUT2D eigenvalue weighted by Crippen LogP contribution is 1.86. The molecule has 5 nitrogen and oxygen atoms in total. The van der Waals surface area contributed by atoms with E-state index < -0.39 is 0 Å². The van der Waals surface area contributed by atoms with Gasteiger partial charge in [0.2, 0.25) is 0 Å². The van der Waals surface area contributed by atoms with Crippen molar-refractivity contribution >= 4 is 0 Å². The fourth-order valence-electron chi connectivity index (χ4n) is 1.07. The summed E-state index contributed by atoms with van der Waals surface area (Å²) >= 11 is 0. The van der Waals surface area contributed by atoms with Crippen molar-refractivity contribution in [2.24, 2.45) is 0 Å². The Labute approximate surface area is 69.5 Å². The molecule has 5 heteroatoms. The molecule has 0 saturated carbocycles. The predicted octanol–water partition coefficient (Wildman–Crippen LogP) is -1.37. The second kappa shape index (κ2) is 4.08. The van der Waals surface area contributed by atoms with Gasteiger partial charge in [0.05, 0.1) is 26.3 Å². The minimum absolute atomic E-state index is 0.0143. The zero-order chi connectivity index (χ0) is 8.97. The topological polar surface area (TPSA) is 67.4 Å². The summed E-state index contributed by atoms with van der Waals surface area (Å²) in [7, 11) is 0. The van der Waals surface area contributed by atoms with Gasteiger partial charge in [-0.15, -0.1) is 0 Å². The van der Waals surface area contributed by atoms with Crippen LogP contribution in [-0.2, 0) is 13.1 Å². The maximum absolute atomic E-state index is 11.1. The van der Waals surface area contributed by atoms with Crippen LogP contribution in [0.25, 0.3) is 0 Å². The minimum atomic E-state index is -0.155. The third-order valence-corrected chi connectivity index (χ3v) is 1.59. The van der Waals surface area contributed by atoms with E-state index in [2.05, 4.69) is 0 Å². The molecule has 0 spiro atoms. The van der Waals surface area contributed by atoms with E-state index in [0.717, 1.165) is 0 Å². The summed E-state index contributed by atoms with van der Waals surface area (Å²) in [6, 6.07) is 1.41. The molecule has 1 aromatic rings. The number of hydrogen-bond acceptors (Lipinski definition) is 3. The first kappa shape index (κ1) is 9.02. The van der Waals surface area contributed by atoms with Crippen molar-refractivity contribution in [3.05, 3.63) is 22.6 Å². The Morgan fingerprint density at radius 3 is 2.50 bits per heavy atom. The Morgan fingerprint density at radius 1 is 1.25 bits per heavy atom. The van der Waals surface area contributed by atoms with Crippen molar-refractivity contribution in [1.29, 1.82) is 0 Å². The molecule has 0 radical (unpaired) electrons. The second-order valence-corrected chi connectivity index (χ2v) is 2.39. The Morgan fingerprint density at radius 2 is 1.92 bits per heavy atom. The van der Waals surface area contributed by atoms with Crippen molar-refractivity contribution in [2.45, 2.75) is 13.1 Å². The highest BCUT2D eigenvalue weighted by molar-refractivity contribution is 4.83. The maximum atomic E-state index is 11.1. The van der Waals surface area contributed by atoms with Crippen molar-refractivity contribution in [2.75, 3.05) is 13.2 Å². The van der Waals surface area contributed by atoms with Gasteiger partial charge in [0.1, 0.15) is 0 Å². The highest BCUT2D eigenvalue weighted by Gasteiger charge is 2.00. The lowest BCUT2D eigenvalue weighted by Gasteiger charge is -2.07. The van der Waals surface area contributed by atoms with Gasteiger partial charge in [0.15, 0.2) is 0 Å². The Kier molecular flexibility index (Phi) is 3.07. The lowest BCUT2D eigenvalue weighted by molar-refractivity contribution is 0.229. The van der Waals surface area contributed by atoms with Gasteiger partial charge in [-0.05, 0) is 0 Å². The van der Waals surface area contributed by atoms with Crippen LogP contribution in [0.1, 0.15) is 0 Å². The molecule has 0 amide bonds. The van der Waals surface area contributed by atoms with Gasteiger partial charge in [0.25, 0.3) is 5.56 Å². The Bertz CT molecular complexity index is 289. The quantitative estimate of drug-likeness (QED) is 0.589. The summed E-state index contributed by atoms with van der Waals surface area (Å²) in [6.07, 6.45) is 1.59. The molecule has 0 atom stereocenters. The molecule has 0 saturated heterocycles. The van der Waals surface area contributed by atoms with Gasteiger partial charge in [0, 0.05) is 12.3 Å². The van der Waals surface area contributed by atoms with Crippen LogP contribution < -0.4 is 5.56 Å². The first-order valence-electron chi connectivity index (χ1n) is 3.77. The standard InChI is InChI=1S/C7H12N2O3/c10-5-3-8-2-1-7(12)9(8)4-6-11/h1-2,10-11H,3-6H2. The summed E-state index contributed by atoms with van der Waals surface area (Å²) in [6.45, 7) is 0.559. The first-order chi connectivity index (χ1) is 5.79. The average molecular weight is 172 g/mol. The number of rotatable bonds is 4. The van der Waals surface area contributed by atoms with Crippen LogP contribution in [0.5, 0.6) is 0 Å². The van der Waals surface area contributed by atoms with Crippen LogP contribution in [0.4, 0.5) is 0 Å². The van der Waals surface area contributed by atoms with Gasteiger partial charge >= 0.3 is 0 Å². The Hall–Kier alpha value is -1.07. The van der Waals surface area contributed by atoms with E-state index in [9.17, 15) is 4.79 Å². The van der Waals surface area contributed by atoms with Gasteiger partial charge < -0.3 is 10.2 Å². The third-order valence-electron chi connectivity index (χ3n) is 1.59. The van der Waals surface area contributed by atoms with E-state index in [1.165, 1.54) is 10.7 Å². The van der Waals surface area contributed by atoms with Crippen molar-refractivity contribution in [3.8, 4) is 0 Å². The normalized spacial score (nSPS) is 10.5. The van der Waals surface area contributed by atoms with Gasteiger partial charge in [-0.25, -0.2) is 4.68 Å². The summed E-state index contributed by atoms with van der Waals surface area (Å²) in [5.41, 5.74) is -0.155. The fourth-order valence-corrected chi connectivity index (χ4v) is 1.07. The van der Waals surface area contributed by atoms with Crippen LogP contribution >= 0.6 is 0 Å². The van der Waals surface area contributed by atoms with E-state index in [1.807, 2.05) is 0 Å². The maximum Gasteiger partial charge on any atom is 0.266 e. The van der Waals surface area contributed by atoms with Gasteiger partial charge in [-0.2, -0.15) is 0 Å². The van der Waals surface area contributed by atoms with E-state index in [1.54, 1.807) is 10.9 Å². The largest absolute Gasteiger partial charge is 0.394 e. The third kappa shape index (κ3) is 1.75. The molecule has 0 aliphatic rings. The molecule has 0 fully saturated rings. The molecule has 1 heterocycles. The molecule has 0 bridgehead atoms. The molecule has 1 aromatic heterocycles. The van der Waals surface area contributed by atoms with Crippen molar-refractivity contribution in [3.63, 3.8) is 0 Å². The molecular weight excluding hydrogens is 160 g/mol. The van der Waals surface area contributed by atoms with Crippen molar-refractivity contribution < 1.29 is 10.2 Å². The van der Waals surface area contributed by atoms with Crippen LogP contribution in [0.2, 0.25) is 0 Å². The predicted molar refractivity (Wildman–Crippen MR) is 42.9 cm³/mol. The van der Waals surface area contributed by atoms with E-state index in [4.69, 9.17) is 10.2 Å². The zero-order valence-corrected chi connectivity index (χ0v) is 6.68. The molecular formula is C7H12N2O3. The molecule has 12 heavy (non-hydrogen) atoms. The summed E-state index contributed by atoms with van der Waals surface area (Å²) in [4.78, 5) is 11.1. The van der Waals surface area contributed by atoms with E-state index in [-0.39, 0.29) is 25.3 Å². The minimum Gasteiger partial charge on any atom is -0.394 e. The van der Waals surface area contributed by atoms with Crippen molar-refractivity contribution in [1.82, 2.24) is 9.36 Å². The Balaban J connectivity index is 2.87. The molecule has 0 aromatic carbocycles. The van der Waals surface area contributed by atoms with E-state index >= 15 is 0 Å². The fraction of sp³-hybridized carbons (Fsp3) is 0.571. The van der Waals surface area contributed by atoms with Gasteiger partial charge in [-0.1, -0.05) is 0 Å². The van der Waals surface area contributed by atoms with Crippen LogP contribution in [0.15, 0.2) is 17.1 Å². The van der Waals surface area contributed by atoms with Crippen LogP contribution in [0.3, 0.4) is 0 Å². The van der Waals surface area contributed by atoms with Crippen LogP contribution in [-0.4, -0.2) is 32.8 Å². The monoisotopic (exact) mass is 172 g/mol. The number of nitrogens with zero attached hydrogens (tertiary/aromatic N) is 2. The molecule has 0 unspecified atom stereocenters. The first-order valence-corrected chi connectivity index (χ1v) is 3.77. The molecule has 0 aliphatic heterocycles. The molecule has 1 rings (SSSR count). The summed E-state index contributed by atoms with van der Waals surface area (Å²) in [5.74, 6) is 0. The zero-order valence-electron chi connectivity index (χ0n) is 6.68. The number of aromatic nitrogens is 2. The van der Waals surface area contributed by atoms with E-state index in [0.29, 0.717) is 6.54 Å². The van der Waals surface area contributed by atoms with Crippen LogP contribution in [0, 0.1) is 0 Å². The smallest absolute Gasteiger partial charge is 0.266 e. The average Bonchev–Trinajstić information content (AvgIpc) is 2.37. The summed E-state index contributed by atoms with van der Waals surface area (Å²) < 4.78 is 2.97. The molecule has 0 aliphatic carbocycles. The summed E-state index contributed by atoms with van der Waals surface area (Å²) in [5, 5.41) is 17.2. The number of aliphatic hydroxyl groups excluding tert-OH is 2. The SMILES string of the molecule is O=c1ccn(CCO)n1CCO. The van der Waals surface area contributed by atoms with Gasteiger partial charge in [-0.3, -0.25) is 9.48 Å². The lowest BCUT2D eigenvalue weighted by Crippen LogP contribution is -2.25. The molecule has 68 valence electrons. The lowest BCUT2D eigenvalue weighted by atomic mass is 10.7. The number of aliphatic hydroxyl groups is 2. The second-order valence-electron chi connectivity index (χ2n) is 2.39. The molecule has 2 N–H and O–H groups in total.